The van der Waals surface area contributed by atoms with Gasteiger partial charge in [-0.25, -0.2) is 17.5 Å². The summed E-state index contributed by atoms with van der Waals surface area (Å²) in [6, 6.07) is 3.72. The second-order valence-corrected chi connectivity index (χ2v) is 6.71. The summed E-state index contributed by atoms with van der Waals surface area (Å²) >= 11 is 5.76. The molecule has 102 valence electrons. The molecule has 1 N–H and O–H groups in total. The fourth-order valence-electron chi connectivity index (χ4n) is 1.53. The van der Waals surface area contributed by atoms with E-state index < -0.39 is 15.8 Å². The van der Waals surface area contributed by atoms with Crippen LogP contribution in [-0.4, -0.2) is 20.3 Å². The van der Waals surface area contributed by atoms with E-state index in [1.165, 1.54) is 12.1 Å². The molecule has 1 unspecified atom stereocenters. The summed E-state index contributed by atoms with van der Waals surface area (Å²) in [7, 11) is -3.64. The number of alkyl halides is 1. The molecule has 0 fully saturated rings. The van der Waals surface area contributed by atoms with Crippen LogP contribution in [0.3, 0.4) is 0 Å². The summed E-state index contributed by atoms with van der Waals surface area (Å²) in [5, 5.41) is 0.0189. The van der Waals surface area contributed by atoms with E-state index in [0.717, 1.165) is 12.5 Å². The standard InChI is InChI=1S/C12H17ClFNO2S/c1-9-5-6-11(14)8-12(9)18(16,17)15-7-3-4-10(2)13/h5-6,8,10,15H,3-4,7H2,1-2H3. The van der Waals surface area contributed by atoms with Gasteiger partial charge in [0.25, 0.3) is 0 Å². The molecule has 0 amide bonds. The van der Waals surface area contributed by atoms with Crippen LogP contribution < -0.4 is 4.72 Å². The van der Waals surface area contributed by atoms with Gasteiger partial charge in [-0.2, -0.15) is 0 Å². The maximum Gasteiger partial charge on any atom is 0.240 e. The topological polar surface area (TPSA) is 46.2 Å². The Kier molecular flexibility index (Phi) is 5.56. The number of sulfonamides is 1. The van der Waals surface area contributed by atoms with Crippen molar-refractivity contribution in [3.63, 3.8) is 0 Å². The van der Waals surface area contributed by atoms with Gasteiger partial charge in [0.2, 0.25) is 10.0 Å². The molecule has 3 nitrogen and oxygen atoms in total. The quantitative estimate of drug-likeness (QED) is 0.647. The number of rotatable bonds is 6. The molecule has 0 saturated carbocycles. The molecule has 1 aromatic carbocycles. The first kappa shape index (κ1) is 15.4. The minimum Gasteiger partial charge on any atom is -0.211 e. The smallest absolute Gasteiger partial charge is 0.211 e. The molecule has 0 aromatic heterocycles. The first-order chi connectivity index (χ1) is 8.33. The Morgan fingerprint density at radius 2 is 2.11 bits per heavy atom. The lowest BCUT2D eigenvalue weighted by molar-refractivity contribution is 0.572. The zero-order valence-electron chi connectivity index (χ0n) is 10.4. The molecule has 0 bridgehead atoms. The number of aryl methyl sites for hydroxylation is 1. The normalized spacial score (nSPS) is 13.6. The molecule has 0 aliphatic carbocycles. The highest BCUT2D eigenvalue weighted by molar-refractivity contribution is 7.89. The Morgan fingerprint density at radius 1 is 1.44 bits per heavy atom. The van der Waals surface area contributed by atoms with Crippen molar-refractivity contribution in [1.29, 1.82) is 0 Å². The SMILES string of the molecule is Cc1ccc(F)cc1S(=O)(=O)NCCCC(C)Cl. The summed E-state index contributed by atoms with van der Waals surface area (Å²) in [5.41, 5.74) is 0.523. The zero-order valence-corrected chi connectivity index (χ0v) is 12.0. The van der Waals surface area contributed by atoms with Crippen LogP contribution in [-0.2, 0) is 10.0 Å². The van der Waals surface area contributed by atoms with Crippen molar-refractivity contribution in [1.82, 2.24) is 4.72 Å². The van der Waals surface area contributed by atoms with E-state index in [4.69, 9.17) is 11.6 Å². The lowest BCUT2D eigenvalue weighted by atomic mass is 10.2. The largest absolute Gasteiger partial charge is 0.240 e. The molecule has 0 spiro atoms. The number of halogens is 2. The zero-order chi connectivity index (χ0) is 13.8. The Bertz CT molecular complexity index is 503. The molecule has 6 heteroatoms. The third-order valence-corrected chi connectivity index (χ3v) is 4.33. The molecule has 0 radical (unpaired) electrons. The molecular weight excluding hydrogens is 277 g/mol. The first-order valence-corrected chi connectivity index (χ1v) is 7.65. The minimum atomic E-state index is -3.64. The number of hydrogen-bond donors (Lipinski definition) is 1. The van der Waals surface area contributed by atoms with E-state index in [9.17, 15) is 12.8 Å². The van der Waals surface area contributed by atoms with Crippen molar-refractivity contribution in [2.75, 3.05) is 6.54 Å². The number of nitrogens with one attached hydrogen (secondary N) is 1. The Balaban J connectivity index is 2.71. The molecule has 0 aliphatic rings. The van der Waals surface area contributed by atoms with E-state index in [1.807, 2.05) is 6.92 Å². The highest BCUT2D eigenvalue weighted by Gasteiger charge is 2.16. The van der Waals surface area contributed by atoms with Gasteiger partial charge in [0.05, 0.1) is 4.90 Å². The Labute approximate surface area is 112 Å². The maximum atomic E-state index is 13.1. The number of benzene rings is 1. The van der Waals surface area contributed by atoms with Gasteiger partial charge in [0, 0.05) is 11.9 Å². The van der Waals surface area contributed by atoms with Gasteiger partial charge >= 0.3 is 0 Å². The second-order valence-electron chi connectivity index (χ2n) is 4.23. The third-order valence-electron chi connectivity index (χ3n) is 2.51. The van der Waals surface area contributed by atoms with Crippen LogP contribution in [0, 0.1) is 12.7 Å². The van der Waals surface area contributed by atoms with Crippen LogP contribution >= 0.6 is 11.6 Å². The Morgan fingerprint density at radius 3 is 2.72 bits per heavy atom. The first-order valence-electron chi connectivity index (χ1n) is 5.73. The van der Waals surface area contributed by atoms with Crippen LogP contribution in [0.4, 0.5) is 4.39 Å². The predicted octanol–water partition coefficient (Wildman–Crippen LogP) is 2.82. The summed E-state index contributed by atoms with van der Waals surface area (Å²) in [6.45, 7) is 3.79. The monoisotopic (exact) mass is 293 g/mol. The molecule has 1 aromatic rings. The van der Waals surface area contributed by atoms with Gasteiger partial charge in [-0.1, -0.05) is 6.07 Å². The van der Waals surface area contributed by atoms with E-state index in [1.54, 1.807) is 6.92 Å². The van der Waals surface area contributed by atoms with Crippen molar-refractivity contribution in [3.8, 4) is 0 Å². The maximum absolute atomic E-state index is 13.1. The summed E-state index contributed by atoms with van der Waals surface area (Å²) < 4.78 is 39.4. The molecule has 1 atom stereocenters. The van der Waals surface area contributed by atoms with Crippen molar-refractivity contribution < 1.29 is 12.8 Å². The lowest BCUT2D eigenvalue weighted by Crippen LogP contribution is -2.26. The molecule has 0 saturated heterocycles. The van der Waals surface area contributed by atoms with Crippen molar-refractivity contribution in [2.24, 2.45) is 0 Å². The van der Waals surface area contributed by atoms with E-state index in [2.05, 4.69) is 4.72 Å². The van der Waals surface area contributed by atoms with E-state index in [-0.39, 0.29) is 10.3 Å². The van der Waals surface area contributed by atoms with Crippen LogP contribution in [0.1, 0.15) is 25.3 Å². The summed E-state index contributed by atoms with van der Waals surface area (Å²) in [6.07, 6.45) is 1.38. The van der Waals surface area contributed by atoms with E-state index in [0.29, 0.717) is 18.5 Å². The van der Waals surface area contributed by atoms with Crippen molar-refractivity contribution in [2.45, 2.75) is 37.0 Å². The predicted molar refractivity (Wildman–Crippen MR) is 70.9 cm³/mol. The summed E-state index contributed by atoms with van der Waals surface area (Å²) in [4.78, 5) is -0.0126. The van der Waals surface area contributed by atoms with Gasteiger partial charge < -0.3 is 0 Å². The van der Waals surface area contributed by atoms with E-state index >= 15 is 0 Å². The average Bonchev–Trinajstić information content (AvgIpc) is 2.27. The average molecular weight is 294 g/mol. The van der Waals surface area contributed by atoms with Crippen LogP contribution in [0.2, 0.25) is 0 Å². The van der Waals surface area contributed by atoms with Crippen molar-refractivity contribution >= 4 is 21.6 Å². The fraction of sp³-hybridized carbons (Fsp3) is 0.500. The fourth-order valence-corrected chi connectivity index (χ4v) is 3.01. The highest BCUT2D eigenvalue weighted by Crippen LogP contribution is 2.16. The Hall–Kier alpha value is -0.650. The molecule has 1 rings (SSSR count). The van der Waals surface area contributed by atoms with Crippen LogP contribution in [0.15, 0.2) is 23.1 Å². The lowest BCUT2D eigenvalue weighted by Gasteiger charge is -2.09. The van der Waals surface area contributed by atoms with Gasteiger partial charge in [-0.05, 0) is 44.4 Å². The second kappa shape index (κ2) is 6.50. The molecule has 0 heterocycles. The molecular formula is C12H17ClFNO2S. The van der Waals surface area contributed by atoms with Crippen molar-refractivity contribution in [3.05, 3.63) is 29.6 Å². The third kappa shape index (κ3) is 4.55. The highest BCUT2D eigenvalue weighted by atomic mass is 35.5. The van der Waals surface area contributed by atoms with Crippen LogP contribution in [0.25, 0.3) is 0 Å². The van der Waals surface area contributed by atoms with Gasteiger partial charge in [0.15, 0.2) is 0 Å². The molecule has 0 aliphatic heterocycles. The minimum absolute atomic E-state index is 0.0126. The molecule has 18 heavy (non-hydrogen) atoms. The number of hydrogen-bond acceptors (Lipinski definition) is 2. The van der Waals surface area contributed by atoms with Crippen LogP contribution in [0.5, 0.6) is 0 Å². The summed E-state index contributed by atoms with van der Waals surface area (Å²) in [5.74, 6) is -0.560. The van der Waals surface area contributed by atoms with Gasteiger partial charge in [0.1, 0.15) is 5.82 Å². The van der Waals surface area contributed by atoms with Gasteiger partial charge in [-0.15, -0.1) is 11.6 Å². The van der Waals surface area contributed by atoms with Gasteiger partial charge in [-0.3, -0.25) is 0 Å².